The summed E-state index contributed by atoms with van der Waals surface area (Å²) < 4.78 is 49.7. The van der Waals surface area contributed by atoms with E-state index in [1.165, 1.54) is 43.2 Å². The number of carbonyl (C=O) groups is 1. The Hall–Kier alpha value is -2.81. The molecule has 0 unspecified atom stereocenters. The van der Waals surface area contributed by atoms with E-state index < -0.39 is 17.5 Å². The number of rotatable bonds is 8. The van der Waals surface area contributed by atoms with Gasteiger partial charge in [0.2, 0.25) is 0 Å². The summed E-state index contributed by atoms with van der Waals surface area (Å²) in [6, 6.07) is 8.55. The Morgan fingerprint density at radius 2 is 1.69 bits per heavy atom. The molecule has 0 radical (unpaired) electrons. The van der Waals surface area contributed by atoms with Gasteiger partial charge in [0.05, 0.1) is 24.4 Å². The number of ether oxygens (including phenoxy) is 1. The lowest BCUT2D eigenvalue weighted by atomic mass is 9.98. The fourth-order valence-corrected chi connectivity index (χ4v) is 5.08. The third-order valence-corrected chi connectivity index (χ3v) is 7.08. The molecule has 0 aliphatic carbocycles. The van der Waals surface area contributed by atoms with Gasteiger partial charge in [-0.3, -0.25) is 9.69 Å². The first kappa shape index (κ1) is 24.9. The second-order valence-electron chi connectivity index (χ2n) is 9.58. The van der Waals surface area contributed by atoms with Gasteiger partial charge in [-0.25, -0.2) is 18.2 Å². The first-order valence-electron chi connectivity index (χ1n) is 12.6. The second-order valence-corrected chi connectivity index (χ2v) is 9.58. The third kappa shape index (κ3) is 5.45. The highest BCUT2D eigenvalue weighted by Gasteiger charge is 2.21. The number of aromatic nitrogens is 1. The largest absolute Gasteiger partial charge is 0.379 e. The summed E-state index contributed by atoms with van der Waals surface area (Å²) in [7, 11) is 0. The average Bonchev–Trinajstić information content (AvgIpc) is 3.40. The monoisotopic (exact) mass is 497 g/mol. The van der Waals surface area contributed by atoms with E-state index in [-0.39, 0.29) is 34.7 Å². The lowest BCUT2D eigenvalue weighted by molar-refractivity contribution is 0.0336. The summed E-state index contributed by atoms with van der Waals surface area (Å²) in [5.41, 5.74) is 1.06. The van der Waals surface area contributed by atoms with Crippen molar-refractivity contribution in [2.75, 3.05) is 45.9 Å². The van der Waals surface area contributed by atoms with Crippen molar-refractivity contribution in [3.63, 3.8) is 0 Å². The van der Waals surface area contributed by atoms with E-state index >= 15 is 8.78 Å². The Labute approximate surface area is 208 Å². The molecule has 0 spiro atoms. The number of Topliss-reactive ketones (excluding diaryl/α,β-unsaturated/α-hetero) is 1. The number of morpholine rings is 1. The molecule has 3 heterocycles. The Morgan fingerprint density at radius 3 is 2.47 bits per heavy atom. The Kier molecular flexibility index (Phi) is 7.65. The molecule has 0 bridgehead atoms. The highest BCUT2D eigenvalue weighted by Crippen LogP contribution is 2.30. The van der Waals surface area contributed by atoms with Gasteiger partial charge in [-0.1, -0.05) is 6.07 Å². The zero-order valence-corrected chi connectivity index (χ0v) is 20.2. The van der Waals surface area contributed by atoms with E-state index in [1.54, 1.807) is 6.07 Å². The number of hydrogen-bond donors (Lipinski definition) is 0. The van der Waals surface area contributed by atoms with E-state index in [1.807, 2.05) is 4.90 Å². The lowest BCUT2D eigenvalue weighted by Gasteiger charge is -2.26. The van der Waals surface area contributed by atoms with Crippen LogP contribution in [0.1, 0.15) is 41.6 Å². The van der Waals surface area contributed by atoms with E-state index in [0.717, 1.165) is 19.6 Å². The molecule has 0 N–H and O–H groups in total. The number of ketones is 1. The van der Waals surface area contributed by atoms with Gasteiger partial charge in [0, 0.05) is 48.1 Å². The fraction of sp³-hybridized carbons (Fsp3) is 0.429. The highest BCUT2D eigenvalue weighted by molar-refractivity contribution is 6.08. The number of likely N-dealkylation sites (tertiary alicyclic amines) is 1. The van der Waals surface area contributed by atoms with Gasteiger partial charge in [0.15, 0.2) is 17.4 Å². The summed E-state index contributed by atoms with van der Waals surface area (Å²) in [5, 5.41) is 0.384. The van der Waals surface area contributed by atoms with E-state index in [2.05, 4.69) is 9.88 Å². The van der Waals surface area contributed by atoms with Crippen LogP contribution in [0.15, 0.2) is 36.4 Å². The minimum atomic E-state index is -0.998. The van der Waals surface area contributed by atoms with Crippen LogP contribution in [0.25, 0.3) is 22.2 Å². The van der Waals surface area contributed by atoms with Crippen LogP contribution in [0, 0.1) is 17.5 Å². The molecule has 1 aromatic heterocycles. The number of halogens is 3. The molecule has 0 saturated carbocycles. The summed E-state index contributed by atoms with van der Waals surface area (Å²) >= 11 is 0. The quantitative estimate of drug-likeness (QED) is 0.400. The zero-order chi connectivity index (χ0) is 25.1. The van der Waals surface area contributed by atoms with Gasteiger partial charge < -0.3 is 9.64 Å². The van der Waals surface area contributed by atoms with Crippen molar-refractivity contribution in [2.45, 2.75) is 32.2 Å². The molecule has 5 nitrogen and oxygen atoms in total. The topological polar surface area (TPSA) is 45.7 Å². The summed E-state index contributed by atoms with van der Waals surface area (Å²) in [4.78, 5) is 22.0. The SMILES string of the molecule is O=C(CCCN1CCCC1)c1cc(-c2ccc(CN3CCOCC3)c(F)c2F)nc2ccc(F)cc12. The van der Waals surface area contributed by atoms with E-state index in [0.29, 0.717) is 50.0 Å². The smallest absolute Gasteiger partial charge is 0.168 e. The zero-order valence-electron chi connectivity index (χ0n) is 20.2. The van der Waals surface area contributed by atoms with Crippen molar-refractivity contribution >= 4 is 16.7 Å². The number of nitrogens with zero attached hydrogens (tertiary/aromatic N) is 3. The molecule has 36 heavy (non-hydrogen) atoms. The van der Waals surface area contributed by atoms with Crippen LogP contribution in [0.4, 0.5) is 13.2 Å². The minimum absolute atomic E-state index is 0.0180. The van der Waals surface area contributed by atoms with Gasteiger partial charge in [0.25, 0.3) is 0 Å². The lowest BCUT2D eigenvalue weighted by Crippen LogP contribution is -2.35. The first-order valence-corrected chi connectivity index (χ1v) is 12.6. The maximum atomic E-state index is 15.3. The average molecular weight is 498 g/mol. The molecule has 8 heteroatoms. The van der Waals surface area contributed by atoms with Crippen LogP contribution in [0.2, 0.25) is 0 Å². The number of pyridine rings is 1. The van der Waals surface area contributed by atoms with Crippen LogP contribution >= 0.6 is 0 Å². The van der Waals surface area contributed by atoms with Crippen LogP contribution < -0.4 is 0 Å². The normalized spacial score (nSPS) is 17.2. The van der Waals surface area contributed by atoms with Crippen LogP contribution in [0.3, 0.4) is 0 Å². The molecule has 190 valence electrons. The molecule has 2 aliphatic heterocycles. The maximum Gasteiger partial charge on any atom is 0.168 e. The molecule has 2 aromatic carbocycles. The van der Waals surface area contributed by atoms with Crippen molar-refractivity contribution in [2.24, 2.45) is 0 Å². The molecule has 2 aliphatic rings. The van der Waals surface area contributed by atoms with Gasteiger partial charge in [-0.2, -0.15) is 0 Å². The van der Waals surface area contributed by atoms with E-state index in [4.69, 9.17) is 4.74 Å². The van der Waals surface area contributed by atoms with Crippen LogP contribution in [0.5, 0.6) is 0 Å². The molecule has 5 rings (SSSR count). The number of fused-ring (bicyclic) bond motifs is 1. The predicted molar refractivity (Wildman–Crippen MR) is 132 cm³/mol. The Balaban J connectivity index is 1.44. The maximum absolute atomic E-state index is 15.3. The van der Waals surface area contributed by atoms with E-state index in [9.17, 15) is 9.18 Å². The molecular weight excluding hydrogens is 467 g/mol. The van der Waals surface area contributed by atoms with Crippen LogP contribution in [-0.2, 0) is 11.3 Å². The van der Waals surface area contributed by atoms with Gasteiger partial charge in [-0.15, -0.1) is 0 Å². The van der Waals surface area contributed by atoms with Crippen molar-refractivity contribution in [3.05, 3.63) is 65.0 Å². The minimum Gasteiger partial charge on any atom is -0.379 e. The Bertz CT molecular complexity index is 1250. The molecule has 0 atom stereocenters. The molecule has 3 aromatic rings. The number of benzene rings is 2. The van der Waals surface area contributed by atoms with Gasteiger partial charge >= 0.3 is 0 Å². The summed E-state index contributed by atoms with van der Waals surface area (Å²) in [6.45, 7) is 5.68. The molecule has 2 saturated heterocycles. The van der Waals surface area contributed by atoms with Crippen molar-refractivity contribution < 1.29 is 22.7 Å². The van der Waals surface area contributed by atoms with Gasteiger partial charge in [-0.05, 0) is 69.2 Å². The first-order chi connectivity index (χ1) is 17.5. The van der Waals surface area contributed by atoms with Crippen molar-refractivity contribution in [3.8, 4) is 11.3 Å². The standard InChI is InChI=1S/C28H30F3N3O2/c29-20-6-8-24-22(16-20)23(26(35)4-3-11-33-9-1-2-10-33)17-25(32-24)21-7-5-19(27(30)28(21)31)18-34-12-14-36-15-13-34/h5-8,16-17H,1-4,9-15,18H2. The van der Waals surface area contributed by atoms with Crippen molar-refractivity contribution in [1.29, 1.82) is 0 Å². The fourth-order valence-electron chi connectivity index (χ4n) is 5.08. The number of hydrogen-bond acceptors (Lipinski definition) is 5. The Morgan fingerprint density at radius 1 is 0.917 bits per heavy atom. The molecule has 2 fully saturated rings. The highest BCUT2D eigenvalue weighted by atomic mass is 19.2. The summed E-state index contributed by atoms with van der Waals surface area (Å²) in [6.07, 6.45) is 3.34. The van der Waals surface area contributed by atoms with Gasteiger partial charge in [0.1, 0.15) is 5.82 Å². The molecule has 0 amide bonds. The summed E-state index contributed by atoms with van der Waals surface area (Å²) in [5.74, 6) is -2.55. The number of carbonyl (C=O) groups excluding carboxylic acids is 1. The second kappa shape index (κ2) is 11.1. The van der Waals surface area contributed by atoms with Crippen LogP contribution in [-0.4, -0.2) is 66.5 Å². The van der Waals surface area contributed by atoms with Crippen molar-refractivity contribution in [1.82, 2.24) is 14.8 Å². The third-order valence-electron chi connectivity index (χ3n) is 7.08. The molecular formula is C28H30F3N3O2. The predicted octanol–water partition coefficient (Wildman–Crippen LogP) is 5.21.